The van der Waals surface area contributed by atoms with Gasteiger partial charge in [-0.15, -0.1) is 0 Å². The minimum atomic E-state index is 0.444. The molecule has 1 N–H and O–H groups in total. The standard InChI is InChI=1S/C19H21ClN2/c20-17-6-5-16-11-14-3-1-2-4-15(14)12-19(18(16)13-17)22-9-7-21-8-10-22/h1-6,13,19,21H,7-12H2. The van der Waals surface area contributed by atoms with Gasteiger partial charge in [-0.2, -0.15) is 0 Å². The first kappa shape index (κ1) is 14.3. The second-order valence-electron chi connectivity index (χ2n) is 6.29. The van der Waals surface area contributed by atoms with Crippen LogP contribution in [-0.2, 0) is 12.8 Å². The van der Waals surface area contributed by atoms with E-state index in [1.54, 1.807) is 0 Å². The molecule has 0 radical (unpaired) electrons. The summed E-state index contributed by atoms with van der Waals surface area (Å²) in [6.07, 6.45) is 2.11. The van der Waals surface area contributed by atoms with Crippen LogP contribution >= 0.6 is 11.6 Å². The molecule has 1 fully saturated rings. The zero-order valence-corrected chi connectivity index (χ0v) is 13.4. The van der Waals surface area contributed by atoms with E-state index in [0.29, 0.717) is 6.04 Å². The molecule has 22 heavy (non-hydrogen) atoms. The van der Waals surface area contributed by atoms with Gasteiger partial charge in [0.05, 0.1) is 0 Å². The summed E-state index contributed by atoms with van der Waals surface area (Å²) in [5, 5.41) is 4.31. The highest BCUT2D eigenvalue weighted by molar-refractivity contribution is 6.30. The van der Waals surface area contributed by atoms with E-state index < -0.39 is 0 Å². The normalized spacial score (nSPS) is 21.8. The van der Waals surface area contributed by atoms with Crippen LogP contribution in [0.1, 0.15) is 28.3 Å². The number of piperazine rings is 1. The molecule has 1 heterocycles. The lowest BCUT2D eigenvalue weighted by Gasteiger charge is -2.35. The van der Waals surface area contributed by atoms with Crippen LogP contribution in [-0.4, -0.2) is 31.1 Å². The second-order valence-corrected chi connectivity index (χ2v) is 6.73. The zero-order chi connectivity index (χ0) is 14.9. The van der Waals surface area contributed by atoms with Crippen LogP contribution in [0.3, 0.4) is 0 Å². The fourth-order valence-corrected chi connectivity index (χ4v) is 3.99. The van der Waals surface area contributed by atoms with Gasteiger partial charge in [0, 0.05) is 37.2 Å². The van der Waals surface area contributed by atoms with Crippen LogP contribution in [0.5, 0.6) is 0 Å². The first-order chi connectivity index (χ1) is 10.8. The summed E-state index contributed by atoms with van der Waals surface area (Å²) >= 11 is 6.31. The Bertz CT molecular complexity index is 677. The molecule has 0 bridgehead atoms. The monoisotopic (exact) mass is 312 g/mol. The SMILES string of the molecule is Clc1ccc2c(c1)C(N1CCNCC1)Cc1ccccc1C2. The highest BCUT2D eigenvalue weighted by Crippen LogP contribution is 2.35. The van der Waals surface area contributed by atoms with Gasteiger partial charge in [-0.3, -0.25) is 4.90 Å². The number of fused-ring (bicyclic) bond motifs is 2. The lowest BCUT2D eigenvalue weighted by Crippen LogP contribution is -2.45. The predicted molar refractivity (Wildman–Crippen MR) is 91.6 cm³/mol. The second kappa shape index (κ2) is 6.04. The molecule has 0 aromatic heterocycles. The van der Waals surface area contributed by atoms with Crippen LogP contribution < -0.4 is 5.32 Å². The van der Waals surface area contributed by atoms with Gasteiger partial charge in [0.2, 0.25) is 0 Å². The van der Waals surface area contributed by atoms with E-state index in [-0.39, 0.29) is 0 Å². The van der Waals surface area contributed by atoms with E-state index in [0.717, 1.165) is 44.0 Å². The van der Waals surface area contributed by atoms with Gasteiger partial charge in [-0.25, -0.2) is 0 Å². The Balaban J connectivity index is 1.80. The smallest absolute Gasteiger partial charge is 0.0409 e. The van der Waals surface area contributed by atoms with Crippen LogP contribution in [0.15, 0.2) is 42.5 Å². The third-order valence-corrected chi connectivity index (χ3v) is 5.21. The summed E-state index contributed by atoms with van der Waals surface area (Å²) in [4.78, 5) is 2.62. The van der Waals surface area contributed by atoms with Crippen molar-refractivity contribution in [2.75, 3.05) is 26.2 Å². The molecule has 1 aliphatic heterocycles. The van der Waals surface area contributed by atoms with Crippen molar-refractivity contribution in [1.82, 2.24) is 10.2 Å². The molecule has 1 atom stereocenters. The predicted octanol–water partition coefficient (Wildman–Crippen LogP) is 3.43. The molecule has 1 unspecified atom stereocenters. The van der Waals surface area contributed by atoms with Gasteiger partial charge in [-0.05, 0) is 47.2 Å². The molecule has 0 spiro atoms. The molecular weight excluding hydrogens is 292 g/mol. The Morgan fingerprint density at radius 2 is 1.73 bits per heavy atom. The maximum Gasteiger partial charge on any atom is 0.0409 e. The summed E-state index contributed by atoms with van der Waals surface area (Å²) < 4.78 is 0. The number of hydrogen-bond acceptors (Lipinski definition) is 2. The molecule has 2 aliphatic rings. The van der Waals surface area contributed by atoms with Crippen molar-refractivity contribution in [3.8, 4) is 0 Å². The highest BCUT2D eigenvalue weighted by Gasteiger charge is 2.27. The molecule has 114 valence electrons. The lowest BCUT2D eigenvalue weighted by molar-refractivity contribution is 0.172. The van der Waals surface area contributed by atoms with Crippen molar-refractivity contribution in [1.29, 1.82) is 0 Å². The molecule has 1 aliphatic carbocycles. The molecule has 2 aromatic rings. The Kier molecular flexibility index (Phi) is 3.91. The minimum Gasteiger partial charge on any atom is -0.314 e. The summed E-state index contributed by atoms with van der Waals surface area (Å²) in [5.74, 6) is 0. The third-order valence-electron chi connectivity index (χ3n) is 4.97. The number of halogens is 1. The van der Waals surface area contributed by atoms with E-state index >= 15 is 0 Å². The molecule has 4 rings (SSSR count). The van der Waals surface area contributed by atoms with Gasteiger partial charge >= 0.3 is 0 Å². The van der Waals surface area contributed by atoms with Gasteiger partial charge in [0.1, 0.15) is 0 Å². The van der Waals surface area contributed by atoms with E-state index in [1.165, 1.54) is 22.3 Å². The lowest BCUT2D eigenvalue weighted by atomic mass is 9.96. The quantitative estimate of drug-likeness (QED) is 0.868. The Morgan fingerprint density at radius 3 is 2.55 bits per heavy atom. The van der Waals surface area contributed by atoms with Crippen molar-refractivity contribution in [3.05, 3.63) is 69.7 Å². The fourth-order valence-electron chi connectivity index (χ4n) is 3.81. The van der Waals surface area contributed by atoms with Crippen LogP contribution in [0.4, 0.5) is 0 Å². The molecule has 0 amide bonds. The van der Waals surface area contributed by atoms with Crippen LogP contribution in [0.25, 0.3) is 0 Å². The number of benzene rings is 2. The van der Waals surface area contributed by atoms with Gasteiger partial charge < -0.3 is 5.32 Å². The van der Waals surface area contributed by atoms with Gasteiger partial charge in [0.15, 0.2) is 0 Å². The fraction of sp³-hybridized carbons (Fsp3) is 0.368. The first-order valence-corrected chi connectivity index (χ1v) is 8.49. The molecule has 2 aromatic carbocycles. The summed E-state index contributed by atoms with van der Waals surface area (Å²) in [6.45, 7) is 4.37. The van der Waals surface area contributed by atoms with Crippen LogP contribution in [0.2, 0.25) is 5.02 Å². The van der Waals surface area contributed by atoms with Crippen molar-refractivity contribution >= 4 is 11.6 Å². The average Bonchev–Trinajstić information content (AvgIpc) is 2.72. The summed E-state index contributed by atoms with van der Waals surface area (Å²) in [7, 11) is 0. The van der Waals surface area contributed by atoms with Crippen LogP contribution in [0, 0.1) is 0 Å². The van der Waals surface area contributed by atoms with Crippen molar-refractivity contribution < 1.29 is 0 Å². The van der Waals surface area contributed by atoms with Gasteiger partial charge in [0.25, 0.3) is 0 Å². The Morgan fingerprint density at radius 1 is 0.955 bits per heavy atom. The van der Waals surface area contributed by atoms with Crippen molar-refractivity contribution in [2.24, 2.45) is 0 Å². The number of rotatable bonds is 1. The molecular formula is C19H21ClN2. The van der Waals surface area contributed by atoms with Crippen molar-refractivity contribution in [3.63, 3.8) is 0 Å². The Labute approximate surface area is 137 Å². The highest BCUT2D eigenvalue weighted by atomic mass is 35.5. The molecule has 0 saturated carbocycles. The topological polar surface area (TPSA) is 15.3 Å². The zero-order valence-electron chi connectivity index (χ0n) is 12.7. The number of hydrogen-bond donors (Lipinski definition) is 1. The maximum absolute atomic E-state index is 6.31. The van der Waals surface area contributed by atoms with Gasteiger partial charge in [-0.1, -0.05) is 41.9 Å². The largest absolute Gasteiger partial charge is 0.314 e. The minimum absolute atomic E-state index is 0.444. The average molecular weight is 313 g/mol. The first-order valence-electron chi connectivity index (χ1n) is 8.11. The van der Waals surface area contributed by atoms with E-state index in [1.807, 2.05) is 6.07 Å². The van der Waals surface area contributed by atoms with E-state index in [2.05, 4.69) is 46.6 Å². The number of nitrogens with zero attached hydrogens (tertiary/aromatic N) is 1. The maximum atomic E-state index is 6.31. The number of nitrogens with one attached hydrogen (secondary N) is 1. The molecule has 2 nitrogen and oxygen atoms in total. The van der Waals surface area contributed by atoms with E-state index in [4.69, 9.17) is 11.6 Å². The Hall–Kier alpha value is -1.35. The third kappa shape index (κ3) is 2.67. The summed E-state index contributed by atoms with van der Waals surface area (Å²) in [6, 6.07) is 15.8. The van der Waals surface area contributed by atoms with E-state index in [9.17, 15) is 0 Å². The molecule has 3 heteroatoms. The molecule has 1 saturated heterocycles. The summed E-state index contributed by atoms with van der Waals surface area (Å²) in [5.41, 5.74) is 5.80. The van der Waals surface area contributed by atoms with Crippen molar-refractivity contribution in [2.45, 2.75) is 18.9 Å².